The number of amides is 2. The summed E-state index contributed by atoms with van der Waals surface area (Å²) < 4.78 is 35.6. The van der Waals surface area contributed by atoms with E-state index in [1.165, 1.54) is 17.0 Å². The molecule has 9 heteroatoms. The first-order valence-corrected chi connectivity index (χ1v) is 18.2. The predicted octanol–water partition coefficient (Wildman–Crippen LogP) is 7.54. The van der Waals surface area contributed by atoms with Crippen molar-refractivity contribution in [1.82, 2.24) is 10.2 Å². The van der Waals surface area contributed by atoms with Crippen LogP contribution in [0.25, 0.3) is 0 Å². The van der Waals surface area contributed by atoms with Gasteiger partial charge in [-0.1, -0.05) is 103 Å². The van der Waals surface area contributed by atoms with E-state index < -0.39 is 28.5 Å². The SMILES string of the molecule is CC[C@@H](C)NC(=O)[C@@H](Cc1ccccc1)N(Cc1ccc(C)cc1)C(=O)CN(c1ccc(Oc2ccccc2)cc1)S(=O)(=O)c1ccccc1. The third-order valence-corrected chi connectivity index (χ3v) is 10.2. The van der Waals surface area contributed by atoms with Gasteiger partial charge in [-0.2, -0.15) is 0 Å². The van der Waals surface area contributed by atoms with E-state index in [4.69, 9.17) is 4.74 Å². The zero-order valence-corrected chi connectivity index (χ0v) is 29.4. The fourth-order valence-corrected chi connectivity index (χ4v) is 6.87. The Kier molecular flexibility index (Phi) is 12.1. The normalized spacial score (nSPS) is 12.4. The Hall–Kier alpha value is -5.41. The maximum absolute atomic E-state index is 14.7. The quantitative estimate of drug-likeness (QED) is 0.123. The minimum atomic E-state index is -4.22. The van der Waals surface area contributed by atoms with E-state index in [0.29, 0.717) is 17.9 Å². The van der Waals surface area contributed by atoms with Crippen molar-refractivity contribution in [2.45, 2.75) is 57.1 Å². The zero-order chi connectivity index (χ0) is 35.5. The third kappa shape index (κ3) is 9.39. The van der Waals surface area contributed by atoms with E-state index in [-0.39, 0.29) is 35.5 Å². The van der Waals surface area contributed by atoms with Gasteiger partial charge in [0.25, 0.3) is 10.0 Å². The summed E-state index contributed by atoms with van der Waals surface area (Å²) in [5, 5.41) is 3.07. The first kappa shape index (κ1) is 35.9. The van der Waals surface area contributed by atoms with E-state index >= 15 is 0 Å². The van der Waals surface area contributed by atoms with E-state index in [1.54, 1.807) is 42.5 Å². The molecule has 258 valence electrons. The lowest BCUT2D eigenvalue weighted by Gasteiger charge is -2.34. The van der Waals surface area contributed by atoms with Gasteiger partial charge < -0.3 is 15.0 Å². The maximum atomic E-state index is 14.7. The second-order valence-corrected chi connectivity index (χ2v) is 14.1. The molecular weight excluding hydrogens is 647 g/mol. The van der Waals surface area contributed by atoms with E-state index in [9.17, 15) is 18.0 Å². The molecular formula is C41H43N3O5S. The Balaban J connectivity index is 1.55. The minimum Gasteiger partial charge on any atom is -0.457 e. The van der Waals surface area contributed by atoms with Gasteiger partial charge in [0.05, 0.1) is 10.6 Å². The van der Waals surface area contributed by atoms with Gasteiger partial charge in [0, 0.05) is 19.0 Å². The number of hydrogen-bond acceptors (Lipinski definition) is 5. The molecule has 0 saturated heterocycles. The molecule has 0 aliphatic carbocycles. The lowest BCUT2D eigenvalue weighted by Crippen LogP contribution is -2.54. The molecule has 1 N–H and O–H groups in total. The highest BCUT2D eigenvalue weighted by Gasteiger charge is 2.35. The van der Waals surface area contributed by atoms with Crippen molar-refractivity contribution in [3.8, 4) is 11.5 Å². The summed E-state index contributed by atoms with van der Waals surface area (Å²) in [6.45, 7) is 5.45. The second kappa shape index (κ2) is 16.8. The number of nitrogens with zero attached hydrogens (tertiary/aromatic N) is 2. The molecule has 0 fully saturated rings. The van der Waals surface area contributed by atoms with Crippen LogP contribution in [0.3, 0.4) is 0 Å². The number of carbonyl (C=O) groups is 2. The molecule has 8 nitrogen and oxygen atoms in total. The van der Waals surface area contributed by atoms with Crippen LogP contribution in [-0.2, 0) is 32.6 Å². The Morgan fingerprint density at radius 2 is 1.28 bits per heavy atom. The van der Waals surface area contributed by atoms with Crippen LogP contribution < -0.4 is 14.4 Å². The van der Waals surface area contributed by atoms with E-state index in [1.807, 2.05) is 106 Å². The monoisotopic (exact) mass is 689 g/mol. The van der Waals surface area contributed by atoms with Crippen LogP contribution in [0, 0.1) is 6.92 Å². The van der Waals surface area contributed by atoms with Crippen molar-refractivity contribution in [2.24, 2.45) is 0 Å². The van der Waals surface area contributed by atoms with Crippen LogP contribution in [-0.4, -0.2) is 43.8 Å². The number of ether oxygens (including phenoxy) is 1. The molecule has 2 amide bonds. The van der Waals surface area contributed by atoms with Crippen molar-refractivity contribution in [3.63, 3.8) is 0 Å². The largest absolute Gasteiger partial charge is 0.457 e. The first-order valence-electron chi connectivity index (χ1n) is 16.7. The van der Waals surface area contributed by atoms with Gasteiger partial charge in [-0.3, -0.25) is 13.9 Å². The second-order valence-electron chi connectivity index (χ2n) is 12.3. The number of rotatable bonds is 15. The molecule has 5 aromatic carbocycles. The Bertz CT molecular complexity index is 1940. The van der Waals surface area contributed by atoms with E-state index in [0.717, 1.165) is 21.0 Å². The number of carbonyl (C=O) groups excluding carboxylic acids is 2. The maximum Gasteiger partial charge on any atom is 0.264 e. The van der Waals surface area contributed by atoms with Crippen molar-refractivity contribution in [3.05, 3.63) is 156 Å². The van der Waals surface area contributed by atoms with Crippen LogP contribution in [0.1, 0.15) is 37.0 Å². The fourth-order valence-electron chi connectivity index (χ4n) is 5.44. The summed E-state index contributed by atoms with van der Waals surface area (Å²) in [4.78, 5) is 30.3. The smallest absolute Gasteiger partial charge is 0.264 e. The van der Waals surface area contributed by atoms with Gasteiger partial charge in [0.1, 0.15) is 24.1 Å². The van der Waals surface area contributed by atoms with Crippen LogP contribution in [0.2, 0.25) is 0 Å². The molecule has 0 saturated carbocycles. The molecule has 0 aliphatic heterocycles. The Labute approximate surface area is 295 Å². The number of nitrogens with one attached hydrogen (secondary N) is 1. The number of anilines is 1. The number of para-hydroxylation sites is 1. The molecule has 5 aromatic rings. The summed E-state index contributed by atoms with van der Waals surface area (Å²) >= 11 is 0. The molecule has 0 unspecified atom stereocenters. The van der Waals surface area contributed by atoms with Gasteiger partial charge in [0.2, 0.25) is 11.8 Å². The average Bonchev–Trinajstić information content (AvgIpc) is 3.14. The van der Waals surface area contributed by atoms with Crippen LogP contribution >= 0.6 is 0 Å². The molecule has 0 radical (unpaired) electrons. The summed E-state index contributed by atoms with van der Waals surface area (Å²) in [6.07, 6.45) is 0.959. The fraction of sp³-hybridized carbons (Fsp3) is 0.220. The zero-order valence-electron chi connectivity index (χ0n) is 28.6. The van der Waals surface area contributed by atoms with Crippen molar-refractivity contribution in [1.29, 1.82) is 0 Å². The molecule has 5 rings (SSSR count). The highest BCUT2D eigenvalue weighted by atomic mass is 32.2. The van der Waals surface area contributed by atoms with Crippen LogP contribution in [0.4, 0.5) is 5.69 Å². The summed E-state index contributed by atoms with van der Waals surface area (Å²) in [5.74, 6) is 0.323. The third-order valence-electron chi connectivity index (χ3n) is 8.46. The summed E-state index contributed by atoms with van der Waals surface area (Å²) in [7, 11) is -4.22. The lowest BCUT2D eigenvalue weighted by atomic mass is 10.0. The molecule has 0 aromatic heterocycles. The number of hydrogen-bond donors (Lipinski definition) is 1. The van der Waals surface area contributed by atoms with Crippen molar-refractivity contribution < 1.29 is 22.7 Å². The van der Waals surface area contributed by atoms with Gasteiger partial charge in [-0.25, -0.2) is 8.42 Å². The Morgan fingerprint density at radius 1 is 0.720 bits per heavy atom. The van der Waals surface area contributed by atoms with Crippen molar-refractivity contribution >= 4 is 27.5 Å². The number of benzene rings is 5. The van der Waals surface area contributed by atoms with Crippen molar-refractivity contribution in [2.75, 3.05) is 10.8 Å². The highest BCUT2D eigenvalue weighted by Crippen LogP contribution is 2.29. The average molecular weight is 690 g/mol. The predicted molar refractivity (Wildman–Crippen MR) is 197 cm³/mol. The highest BCUT2D eigenvalue weighted by molar-refractivity contribution is 7.92. The summed E-state index contributed by atoms with van der Waals surface area (Å²) in [5.41, 5.74) is 3.03. The molecule has 0 heterocycles. The Morgan fingerprint density at radius 3 is 1.88 bits per heavy atom. The van der Waals surface area contributed by atoms with Gasteiger partial charge >= 0.3 is 0 Å². The topological polar surface area (TPSA) is 96.0 Å². The standard InChI is InChI=1S/C41H43N3O5S/c1-4-32(3)42-41(46)39(28-33-14-8-5-9-15-33)43(29-34-22-20-31(2)21-23-34)40(45)30-44(50(47,48)38-18-12-7-13-19-38)35-24-26-37(27-25-35)49-36-16-10-6-11-17-36/h5-27,32,39H,4,28-30H2,1-3H3,(H,42,46)/t32-,39-/m1/s1. The van der Waals surface area contributed by atoms with Crippen LogP contribution in [0.15, 0.2) is 144 Å². The minimum absolute atomic E-state index is 0.0397. The number of sulfonamides is 1. The molecule has 50 heavy (non-hydrogen) atoms. The lowest BCUT2D eigenvalue weighted by molar-refractivity contribution is -0.140. The molecule has 2 atom stereocenters. The van der Waals surface area contributed by atoms with Crippen LogP contribution in [0.5, 0.6) is 11.5 Å². The number of aryl methyl sites for hydroxylation is 1. The molecule has 0 spiro atoms. The molecule has 0 bridgehead atoms. The molecule has 0 aliphatic rings. The first-order chi connectivity index (χ1) is 24.1. The summed E-state index contributed by atoms with van der Waals surface area (Å²) in [6, 6.07) is 40.1. The van der Waals surface area contributed by atoms with E-state index in [2.05, 4.69) is 5.32 Å². The van der Waals surface area contributed by atoms with Gasteiger partial charge in [0.15, 0.2) is 0 Å². The van der Waals surface area contributed by atoms with Gasteiger partial charge in [-0.15, -0.1) is 0 Å². The van der Waals surface area contributed by atoms with Gasteiger partial charge in [-0.05, 0) is 79.9 Å².